The van der Waals surface area contributed by atoms with Crippen LogP contribution in [0.5, 0.6) is 5.88 Å². The van der Waals surface area contributed by atoms with Gasteiger partial charge in [0.1, 0.15) is 0 Å². The minimum atomic E-state index is 0.597. The normalized spacial score (nSPS) is 10.6. The number of methoxy groups -OCH3 is 1. The highest BCUT2D eigenvalue weighted by Gasteiger charge is 2.05. The Bertz CT molecular complexity index is 692. The predicted molar refractivity (Wildman–Crippen MR) is 74.2 cm³/mol. The van der Waals surface area contributed by atoms with E-state index in [1.165, 1.54) is 0 Å². The van der Waals surface area contributed by atoms with Gasteiger partial charge in [-0.3, -0.25) is 5.10 Å². The molecule has 0 saturated carbocycles. The van der Waals surface area contributed by atoms with Crippen LogP contribution < -0.4 is 10.1 Å². The summed E-state index contributed by atoms with van der Waals surface area (Å²) in [5, 5.41) is 11.5. The van der Waals surface area contributed by atoms with Crippen LogP contribution in [0.25, 0.3) is 10.9 Å². The third-order valence-electron chi connectivity index (χ3n) is 3.00. The van der Waals surface area contributed by atoms with Gasteiger partial charge in [0.15, 0.2) is 0 Å². The molecule has 2 N–H and O–H groups in total. The highest BCUT2D eigenvalue weighted by atomic mass is 16.5. The molecule has 0 radical (unpaired) electrons. The van der Waals surface area contributed by atoms with E-state index in [0.29, 0.717) is 12.4 Å². The van der Waals surface area contributed by atoms with E-state index in [1.54, 1.807) is 13.3 Å². The number of aromatic nitrogens is 3. The zero-order valence-electron chi connectivity index (χ0n) is 10.6. The first-order valence-corrected chi connectivity index (χ1v) is 6.02. The Labute approximate surface area is 110 Å². The standard InChI is InChI=1S/C14H14N4O/c1-19-14-12(6-3-7-15-14)16-8-10-4-2-5-11-9-17-18-13(10)11/h2-7,9,16H,8H2,1H3,(H,17,18). The molecular weight excluding hydrogens is 240 g/mol. The molecule has 3 rings (SSSR count). The molecule has 0 bridgehead atoms. The highest BCUT2D eigenvalue weighted by molar-refractivity contribution is 5.81. The number of anilines is 1. The van der Waals surface area contributed by atoms with E-state index in [1.807, 2.05) is 30.5 Å². The largest absolute Gasteiger partial charge is 0.480 e. The van der Waals surface area contributed by atoms with Crippen LogP contribution in [0, 0.1) is 0 Å². The van der Waals surface area contributed by atoms with Crippen molar-refractivity contribution in [3.05, 3.63) is 48.3 Å². The number of aromatic amines is 1. The van der Waals surface area contributed by atoms with Gasteiger partial charge < -0.3 is 10.1 Å². The Balaban J connectivity index is 1.84. The van der Waals surface area contributed by atoms with Gasteiger partial charge in [0.05, 0.1) is 24.5 Å². The van der Waals surface area contributed by atoms with Crippen molar-refractivity contribution in [2.45, 2.75) is 6.54 Å². The van der Waals surface area contributed by atoms with Crippen LogP contribution in [0.1, 0.15) is 5.56 Å². The summed E-state index contributed by atoms with van der Waals surface area (Å²) in [6, 6.07) is 9.94. The van der Waals surface area contributed by atoms with E-state index in [2.05, 4.69) is 26.6 Å². The van der Waals surface area contributed by atoms with E-state index in [-0.39, 0.29) is 0 Å². The fourth-order valence-electron chi connectivity index (χ4n) is 2.06. The van der Waals surface area contributed by atoms with Crippen LogP contribution in [0.2, 0.25) is 0 Å². The summed E-state index contributed by atoms with van der Waals surface area (Å²) in [5.74, 6) is 0.597. The Kier molecular flexibility index (Phi) is 3.02. The number of nitrogens with zero attached hydrogens (tertiary/aromatic N) is 2. The second kappa shape index (κ2) is 4.97. The molecule has 3 aromatic rings. The molecule has 2 aromatic heterocycles. The lowest BCUT2D eigenvalue weighted by molar-refractivity contribution is 0.399. The molecular formula is C14H14N4O. The molecule has 96 valence electrons. The molecule has 0 amide bonds. The summed E-state index contributed by atoms with van der Waals surface area (Å²) in [6.45, 7) is 0.682. The summed E-state index contributed by atoms with van der Waals surface area (Å²) in [4.78, 5) is 4.16. The maximum absolute atomic E-state index is 5.21. The number of H-pyrrole nitrogens is 1. The van der Waals surface area contributed by atoms with Gasteiger partial charge in [-0.1, -0.05) is 18.2 Å². The number of nitrogens with one attached hydrogen (secondary N) is 2. The summed E-state index contributed by atoms with van der Waals surface area (Å²) in [7, 11) is 1.61. The summed E-state index contributed by atoms with van der Waals surface area (Å²) in [6.07, 6.45) is 3.53. The number of ether oxygens (including phenoxy) is 1. The van der Waals surface area contributed by atoms with Gasteiger partial charge >= 0.3 is 0 Å². The van der Waals surface area contributed by atoms with Gasteiger partial charge in [-0.05, 0) is 17.7 Å². The van der Waals surface area contributed by atoms with Crippen molar-refractivity contribution in [2.24, 2.45) is 0 Å². The lowest BCUT2D eigenvalue weighted by atomic mass is 10.1. The summed E-state index contributed by atoms with van der Waals surface area (Å²) in [5.41, 5.74) is 3.08. The molecule has 1 aromatic carbocycles. The first kappa shape index (κ1) is 11.5. The number of fused-ring (bicyclic) bond motifs is 1. The maximum Gasteiger partial charge on any atom is 0.237 e. The second-order valence-electron chi connectivity index (χ2n) is 4.17. The van der Waals surface area contributed by atoms with E-state index in [9.17, 15) is 0 Å². The van der Waals surface area contributed by atoms with Crippen LogP contribution >= 0.6 is 0 Å². The molecule has 0 spiro atoms. The Morgan fingerprint density at radius 2 is 2.21 bits per heavy atom. The van der Waals surface area contributed by atoms with Gasteiger partial charge in [-0.25, -0.2) is 4.98 Å². The number of rotatable bonds is 4. The van der Waals surface area contributed by atoms with Crippen LogP contribution in [-0.4, -0.2) is 22.3 Å². The average molecular weight is 254 g/mol. The first-order valence-electron chi connectivity index (χ1n) is 6.02. The highest BCUT2D eigenvalue weighted by Crippen LogP contribution is 2.22. The number of para-hydroxylation sites is 1. The van der Waals surface area contributed by atoms with Crippen LogP contribution in [-0.2, 0) is 6.54 Å². The molecule has 2 heterocycles. The molecule has 0 fully saturated rings. The van der Waals surface area contributed by atoms with Crippen molar-refractivity contribution in [1.82, 2.24) is 15.2 Å². The van der Waals surface area contributed by atoms with Crippen molar-refractivity contribution < 1.29 is 4.74 Å². The second-order valence-corrected chi connectivity index (χ2v) is 4.17. The number of hydrogen-bond acceptors (Lipinski definition) is 4. The lowest BCUT2D eigenvalue weighted by Crippen LogP contribution is -2.02. The number of hydrogen-bond donors (Lipinski definition) is 2. The van der Waals surface area contributed by atoms with E-state index >= 15 is 0 Å². The van der Waals surface area contributed by atoms with Gasteiger partial charge in [-0.15, -0.1) is 0 Å². The zero-order valence-corrected chi connectivity index (χ0v) is 10.6. The molecule has 5 heteroatoms. The van der Waals surface area contributed by atoms with Gasteiger partial charge in [0.2, 0.25) is 5.88 Å². The minimum absolute atomic E-state index is 0.597. The molecule has 0 aliphatic rings. The van der Waals surface area contributed by atoms with Gasteiger partial charge in [-0.2, -0.15) is 5.10 Å². The zero-order chi connectivity index (χ0) is 13.1. The van der Waals surface area contributed by atoms with Crippen molar-refractivity contribution in [3.63, 3.8) is 0 Å². The third kappa shape index (κ3) is 2.22. The fraction of sp³-hybridized carbons (Fsp3) is 0.143. The van der Waals surface area contributed by atoms with Crippen molar-refractivity contribution in [3.8, 4) is 5.88 Å². The lowest BCUT2D eigenvalue weighted by Gasteiger charge is -2.10. The van der Waals surface area contributed by atoms with Crippen molar-refractivity contribution in [2.75, 3.05) is 12.4 Å². The van der Waals surface area contributed by atoms with E-state index in [0.717, 1.165) is 22.2 Å². The monoisotopic (exact) mass is 254 g/mol. The quantitative estimate of drug-likeness (QED) is 0.751. The summed E-state index contributed by atoms with van der Waals surface area (Å²) < 4.78 is 5.21. The molecule has 0 unspecified atom stereocenters. The molecule has 19 heavy (non-hydrogen) atoms. The van der Waals surface area contributed by atoms with Crippen LogP contribution in [0.4, 0.5) is 5.69 Å². The molecule has 0 saturated heterocycles. The van der Waals surface area contributed by atoms with Gasteiger partial charge in [0.25, 0.3) is 0 Å². The topological polar surface area (TPSA) is 62.8 Å². The molecule has 5 nitrogen and oxygen atoms in total. The SMILES string of the molecule is COc1ncccc1NCc1cccc2cn[nH]c12. The Morgan fingerprint density at radius 1 is 1.26 bits per heavy atom. The smallest absolute Gasteiger partial charge is 0.237 e. The molecule has 0 atom stereocenters. The van der Waals surface area contributed by atoms with Crippen molar-refractivity contribution in [1.29, 1.82) is 0 Å². The van der Waals surface area contributed by atoms with Crippen molar-refractivity contribution >= 4 is 16.6 Å². The number of pyridine rings is 1. The first-order chi connectivity index (χ1) is 9.38. The number of benzene rings is 1. The molecule has 0 aliphatic carbocycles. The van der Waals surface area contributed by atoms with Gasteiger partial charge in [0, 0.05) is 18.1 Å². The van der Waals surface area contributed by atoms with E-state index in [4.69, 9.17) is 4.74 Å². The van der Waals surface area contributed by atoms with E-state index < -0.39 is 0 Å². The predicted octanol–water partition coefficient (Wildman–Crippen LogP) is 2.58. The van der Waals surface area contributed by atoms with Crippen LogP contribution in [0.15, 0.2) is 42.7 Å². The Hall–Kier alpha value is -2.56. The summed E-state index contributed by atoms with van der Waals surface area (Å²) >= 11 is 0. The molecule has 0 aliphatic heterocycles. The third-order valence-corrected chi connectivity index (χ3v) is 3.00. The Morgan fingerprint density at radius 3 is 3.11 bits per heavy atom. The average Bonchev–Trinajstić information content (AvgIpc) is 2.94. The minimum Gasteiger partial charge on any atom is -0.480 e. The van der Waals surface area contributed by atoms with Crippen LogP contribution in [0.3, 0.4) is 0 Å². The maximum atomic E-state index is 5.21. The fourth-order valence-corrected chi connectivity index (χ4v) is 2.06.